The number of benzene rings is 2. The molecule has 0 saturated heterocycles. The van der Waals surface area contributed by atoms with E-state index in [-0.39, 0.29) is 22.6 Å². The number of para-hydroxylation sites is 1. The number of amides is 1. The molecule has 1 atom stereocenters. The van der Waals surface area contributed by atoms with Crippen LogP contribution in [0.2, 0.25) is 0 Å². The Morgan fingerprint density at radius 1 is 1.22 bits per heavy atom. The summed E-state index contributed by atoms with van der Waals surface area (Å²) < 4.78 is 39.2. The van der Waals surface area contributed by atoms with Crippen molar-refractivity contribution in [1.82, 2.24) is 0 Å². The van der Waals surface area contributed by atoms with E-state index < -0.39 is 32.7 Å². The molecule has 2 aromatic carbocycles. The standard InChI is InChI=1S/C17H18FN3O5S/c1-11-14(8-6-10-15(11)21(23)24)19-17(22)12(2)20(27(3,25)26)16-9-5-4-7-13(16)18/h4-10,12H,1-3H3,(H,19,22). The van der Waals surface area contributed by atoms with Crippen molar-refractivity contribution in [1.29, 1.82) is 0 Å². The van der Waals surface area contributed by atoms with Crippen LogP contribution in [0.1, 0.15) is 12.5 Å². The van der Waals surface area contributed by atoms with E-state index >= 15 is 0 Å². The molecule has 2 aromatic rings. The second-order valence-corrected chi connectivity index (χ2v) is 7.74. The third-order valence-electron chi connectivity index (χ3n) is 3.94. The van der Waals surface area contributed by atoms with E-state index in [0.29, 0.717) is 4.31 Å². The molecule has 0 spiro atoms. The number of nitro benzene ring substituents is 1. The predicted molar refractivity (Wildman–Crippen MR) is 99.6 cm³/mol. The molecule has 0 aliphatic carbocycles. The zero-order valence-corrected chi connectivity index (χ0v) is 15.7. The lowest BCUT2D eigenvalue weighted by atomic mass is 10.1. The normalized spacial score (nSPS) is 12.3. The maximum atomic E-state index is 14.1. The summed E-state index contributed by atoms with van der Waals surface area (Å²) >= 11 is 0. The molecular weight excluding hydrogens is 377 g/mol. The van der Waals surface area contributed by atoms with Crippen molar-refractivity contribution in [2.45, 2.75) is 19.9 Å². The van der Waals surface area contributed by atoms with Gasteiger partial charge >= 0.3 is 0 Å². The highest BCUT2D eigenvalue weighted by atomic mass is 32.2. The molecule has 0 fully saturated rings. The number of rotatable bonds is 6. The van der Waals surface area contributed by atoms with Crippen molar-refractivity contribution in [3.05, 3.63) is 64.0 Å². The highest BCUT2D eigenvalue weighted by Gasteiger charge is 2.31. The number of hydrogen-bond donors (Lipinski definition) is 1. The van der Waals surface area contributed by atoms with Gasteiger partial charge in [-0.05, 0) is 32.0 Å². The topological polar surface area (TPSA) is 110 Å². The van der Waals surface area contributed by atoms with Crippen molar-refractivity contribution in [3.8, 4) is 0 Å². The number of carbonyl (C=O) groups is 1. The first-order valence-corrected chi connectivity index (χ1v) is 9.67. The molecule has 10 heteroatoms. The van der Waals surface area contributed by atoms with Crippen LogP contribution in [0.4, 0.5) is 21.5 Å². The molecule has 1 unspecified atom stereocenters. The van der Waals surface area contributed by atoms with Crippen molar-refractivity contribution < 1.29 is 22.5 Å². The maximum Gasteiger partial charge on any atom is 0.274 e. The number of hydrogen-bond acceptors (Lipinski definition) is 5. The quantitative estimate of drug-likeness (QED) is 0.597. The summed E-state index contributed by atoms with van der Waals surface area (Å²) in [5.41, 5.74) is -0.0594. The van der Waals surface area contributed by atoms with Crippen LogP contribution in [0.3, 0.4) is 0 Å². The van der Waals surface area contributed by atoms with E-state index in [0.717, 1.165) is 12.3 Å². The number of nitrogens with zero attached hydrogens (tertiary/aromatic N) is 2. The Labute approximate surface area is 155 Å². The number of nitrogens with one attached hydrogen (secondary N) is 1. The van der Waals surface area contributed by atoms with E-state index in [1.54, 1.807) is 0 Å². The second-order valence-electron chi connectivity index (χ2n) is 5.88. The van der Waals surface area contributed by atoms with E-state index in [1.807, 2.05) is 0 Å². The Bertz CT molecular complexity index is 994. The first-order chi connectivity index (χ1) is 12.5. The van der Waals surface area contributed by atoms with Crippen LogP contribution in [0, 0.1) is 22.9 Å². The van der Waals surface area contributed by atoms with Gasteiger partial charge in [-0.25, -0.2) is 12.8 Å². The lowest BCUT2D eigenvalue weighted by Crippen LogP contribution is -2.45. The van der Waals surface area contributed by atoms with E-state index in [4.69, 9.17) is 0 Å². The monoisotopic (exact) mass is 395 g/mol. The molecule has 0 aromatic heterocycles. The van der Waals surface area contributed by atoms with Crippen molar-refractivity contribution in [3.63, 3.8) is 0 Å². The Kier molecular flexibility index (Phi) is 5.79. The SMILES string of the molecule is Cc1c(NC(=O)C(C)N(c2ccccc2F)S(C)(=O)=O)cccc1[N+](=O)[O-]. The third-order valence-corrected chi connectivity index (χ3v) is 5.17. The molecule has 0 heterocycles. The van der Waals surface area contributed by atoms with E-state index in [2.05, 4.69) is 5.32 Å². The van der Waals surface area contributed by atoms with Crippen LogP contribution in [0.15, 0.2) is 42.5 Å². The molecule has 0 bridgehead atoms. The lowest BCUT2D eigenvalue weighted by molar-refractivity contribution is -0.385. The lowest BCUT2D eigenvalue weighted by Gasteiger charge is -2.28. The van der Waals surface area contributed by atoms with Crippen molar-refractivity contribution in [2.24, 2.45) is 0 Å². The molecule has 8 nitrogen and oxygen atoms in total. The number of carbonyl (C=O) groups excluding carboxylic acids is 1. The van der Waals surface area contributed by atoms with Crippen LogP contribution in [-0.2, 0) is 14.8 Å². The van der Waals surface area contributed by atoms with Gasteiger partial charge in [-0.1, -0.05) is 18.2 Å². The minimum Gasteiger partial charge on any atom is -0.324 e. The van der Waals surface area contributed by atoms with Crippen molar-refractivity contribution in [2.75, 3.05) is 15.9 Å². The molecule has 0 aliphatic heterocycles. The van der Waals surface area contributed by atoms with Gasteiger partial charge in [0.2, 0.25) is 15.9 Å². The van der Waals surface area contributed by atoms with Gasteiger partial charge in [-0.15, -0.1) is 0 Å². The average molecular weight is 395 g/mol. The highest BCUT2D eigenvalue weighted by Crippen LogP contribution is 2.27. The Hall–Kier alpha value is -3.01. The molecule has 1 amide bonds. The summed E-state index contributed by atoms with van der Waals surface area (Å²) in [4.78, 5) is 23.0. The fraction of sp³-hybridized carbons (Fsp3) is 0.235. The minimum atomic E-state index is -3.98. The van der Waals surface area contributed by atoms with Crippen molar-refractivity contribution >= 4 is 33.0 Å². The van der Waals surface area contributed by atoms with Crippen LogP contribution < -0.4 is 9.62 Å². The second kappa shape index (κ2) is 7.70. The van der Waals surface area contributed by atoms with Crippen LogP contribution in [0.5, 0.6) is 0 Å². The average Bonchev–Trinajstić information content (AvgIpc) is 2.57. The molecule has 2 rings (SSSR count). The molecule has 0 radical (unpaired) electrons. The summed E-state index contributed by atoms with van der Waals surface area (Å²) in [6.07, 6.45) is 0.863. The Morgan fingerprint density at radius 2 is 1.85 bits per heavy atom. The van der Waals surface area contributed by atoms with Crippen LogP contribution >= 0.6 is 0 Å². The van der Waals surface area contributed by atoms with E-state index in [1.165, 1.54) is 50.2 Å². The molecule has 0 aliphatic rings. The van der Waals surface area contributed by atoms with Gasteiger partial charge in [0.25, 0.3) is 5.69 Å². The molecule has 27 heavy (non-hydrogen) atoms. The first kappa shape index (κ1) is 20.3. The number of anilines is 2. The van der Waals surface area contributed by atoms with Gasteiger partial charge in [0.1, 0.15) is 11.9 Å². The summed E-state index contributed by atoms with van der Waals surface area (Å²) in [6, 6.07) is 8.04. The summed E-state index contributed by atoms with van der Waals surface area (Å²) in [6.45, 7) is 2.76. The molecule has 144 valence electrons. The summed E-state index contributed by atoms with van der Waals surface area (Å²) in [5.74, 6) is -1.55. The van der Waals surface area contributed by atoms with Gasteiger partial charge < -0.3 is 5.32 Å². The Morgan fingerprint density at radius 3 is 2.41 bits per heavy atom. The highest BCUT2D eigenvalue weighted by molar-refractivity contribution is 7.92. The largest absolute Gasteiger partial charge is 0.324 e. The van der Waals surface area contributed by atoms with Gasteiger partial charge in [0.15, 0.2) is 0 Å². The van der Waals surface area contributed by atoms with Gasteiger partial charge in [0, 0.05) is 6.07 Å². The fourth-order valence-electron chi connectivity index (χ4n) is 2.61. The van der Waals surface area contributed by atoms with E-state index in [9.17, 15) is 27.7 Å². The van der Waals surface area contributed by atoms with Gasteiger partial charge in [-0.2, -0.15) is 0 Å². The summed E-state index contributed by atoms with van der Waals surface area (Å²) in [7, 11) is -3.98. The first-order valence-electron chi connectivity index (χ1n) is 7.83. The van der Waals surface area contributed by atoms with Crippen LogP contribution in [-0.4, -0.2) is 31.5 Å². The van der Waals surface area contributed by atoms with Crippen LogP contribution in [0.25, 0.3) is 0 Å². The number of nitro groups is 1. The number of sulfonamides is 1. The third kappa shape index (κ3) is 4.40. The molecular formula is C17H18FN3O5S. The fourth-order valence-corrected chi connectivity index (χ4v) is 3.78. The zero-order valence-electron chi connectivity index (χ0n) is 14.8. The van der Waals surface area contributed by atoms with Gasteiger partial charge in [0.05, 0.1) is 28.1 Å². The smallest absolute Gasteiger partial charge is 0.274 e. The summed E-state index contributed by atoms with van der Waals surface area (Å²) in [5, 5.41) is 13.5. The Balaban J connectivity index is 2.39. The molecule has 1 N–H and O–H groups in total. The maximum absolute atomic E-state index is 14.1. The minimum absolute atomic E-state index is 0.169. The zero-order chi connectivity index (χ0) is 20.4. The van der Waals surface area contributed by atoms with Gasteiger partial charge in [-0.3, -0.25) is 19.2 Å². The molecule has 0 saturated carbocycles. The number of halogens is 1. The predicted octanol–water partition coefficient (Wildman–Crippen LogP) is 2.84.